The number of sulfonamides is 1. The summed E-state index contributed by atoms with van der Waals surface area (Å²) < 4.78 is 30.6. The summed E-state index contributed by atoms with van der Waals surface area (Å²) in [6.07, 6.45) is 3.29. The molecule has 0 atom stereocenters. The van der Waals surface area contributed by atoms with Gasteiger partial charge in [0, 0.05) is 50.0 Å². The molecule has 0 bridgehead atoms. The van der Waals surface area contributed by atoms with E-state index < -0.39 is 15.6 Å². The lowest BCUT2D eigenvalue weighted by atomic mass is 10.2. The van der Waals surface area contributed by atoms with Crippen molar-refractivity contribution in [1.82, 2.24) is 18.6 Å². The number of pyridine rings is 2. The Morgan fingerprint density at radius 3 is 2.49 bits per heavy atom. The second-order valence-electron chi connectivity index (χ2n) is 8.68. The van der Waals surface area contributed by atoms with E-state index in [1.807, 2.05) is 17.0 Å². The van der Waals surface area contributed by atoms with Crippen molar-refractivity contribution < 1.29 is 18.1 Å². The van der Waals surface area contributed by atoms with Crippen LogP contribution in [0, 0.1) is 0 Å². The zero-order chi connectivity index (χ0) is 26.2. The van der Waals surface area contributed by atoms with Gasteiger partial charge in [-0.15, -0.1) is 0 Å². The molecule has 1 aliphatic heterocycles. The van der Waals surface area contributed by atoms with Crippen LogP contribution in [0.15, 0.2) is 76.7 Å². The van der Waals surface area contributed by atoms with Crippen LogP contribution in [-0.2, 0) is 23.1 Å². The molecule has 37 heavy (non-hydrogen) atoms. The smallest absolute Gasteiger partial charge is 0.346 e. The van der Waals surface area contributed by atoms with Gasteiger partial charge in [0.1, 0.15) is 11.4 Å². The largest absolute Gasteiger partial charge is 0.842 e. The molecular formula is C25H23Cl2N5O4S. The number of aromatic nitrogens is 3. The summed E-state index contributed by atoms with van der Waals surface area (Å²) in [7, 11) is -3.85. The summed E-state index contributed by atoms with van der Waals surface area (Å²) in [6, 6.07) is 15.0. The maximum atomic E-state index is 13.5. The summed E-state index contributed by atoms with van der Waals surface area (Å²) in [5.41, 5.74) is 0.895. The lowest BCUT2D eigenvalue weighted by Gasteiger charge is -2.34. The highest BCUT2D eigenvalue weighted by Gasteiger charge is 2.31. The predicted molar refractivity (Wildman–Crippen MR) is 137 cm³/mol. The Hall–Kier alpha value is -3.02. The topological polar surface area (TPSA) is 102 Å². The summed E-state index contributed by atoms with van der Waals surface area (Å²) in [5.74, 6) is -0.386. The first-order valence-corrected chi connectivity index (χ1v) is 13.8. The number of rotatable bonds is 6. The minimum absolute atomic E-state index is 0.0414. The molecule has 3 aromatic heterocycles. The fourth-order valence-corrected chi connectivity index (χ4v) is 6.60. The molecule has 0 saturated carbocycles. The minimum atomic E-state index is -3.85. The van der Waals surface area contributed by atoms with Crippen LogP contribution in [-0.4, -0.2) is 53.2 Å². The van der Waals surface area contributed by atoms with E-state index in [1.54, 1.807) is 41.2 Å². The average Bonchev–Trinajstić information content (AvgIpc) is 2.91. The third kappa shape index (κ3) is 5.07. The van der Waals surface area contributed by atoms with E-state index in [4.69, 9.17) is 23.2 Å². The van der Waals surface area contributed by atoms with E-state index in [2.05, 4.69) is 4.98 Å². The van der Waals surface area contributed by atoms with Gasteiger partial charge in [0.2, 0.25) is 10.0 Å². The summed E-state index contributed by atoms with van der Waals surface area (Å²) in [4.78, 5) is 19.5. The summed E-state index contributed by atoms with van der Waals surface area (Å²) >= 11 is 12.1. The number of benzene rings is 1. The van der Waals surface area contributed by atoms with Crippen molar-refractivity contribution >= 4 is 38.9 Å². The van der Waals surface area contributed by atoms with Gasteiger partial charge in [0.15, 0.2) is 0 Å². The molecular weight excluding hydrogens is 537 g/mol. The van der Waals surface area contributed by atoms with Gasteiger partial charge in [0.05, 0.1) is 28.4 Å². The molecule has 4 heterocycles. The van der Waals surface area contributed by atoms with Crippen LogP contribution in [0.1, 0.15) is 11.3 Å². The maximum Gasteiger partial charge on any atom is 0.346 e. The average molecular weight is 560 g/mol. The normalized spacial score (nSPS) is 15.3. The van der Waals surface area contributed by atoms with Gasteiger partial charge in [-0.05, 0) is 36.4 Å². The number of hydrogen-bond acceptors (Lipinski definition) is 6. The van der Waals surface area contributed by atoms with E-state index in [9.17, 15) is 18.3 Å². The van der Waals surface area contributed by atoms with Gasteiger partial charge in [-0.25, -0.2) is 17.8 Å². The number of fused-ring (bicyclic) bond motifs is 1. The van der Waals surface area contributed by atoms with Crippen LogP contribution in [0.2, 0.25) is 10.0 Å². The number of piperazine rings is 1. The lowest BCUT2D eigenvalue weighted by Crippen LogP contribution is -2.50. The van der Waals surface area contributed by atoms with E-state index in [0.717, 1.165) is 0 Å². The molecule has 0 aliphatic carbocycles. The molecule has 192 valence electrons. The predicted octanol–water partition coefficient (Wildman–Crippen LogP) is 1.92. The molecule has 1 aromatic carbocycles. The molecule has 4 aromatic rings. The van der Waals surface area contributed by atoms with Gasteiger partial charge in [0.25, 0.3) is 5.65 Å². The van der Waals surface area contributed by atoms with E-state index in [0.29, 0.717) is 24.4 Å². The number of nitrogens with zero attached hydrogens (tertiary/aromatic N) is 5. The number of hydrogen-bond donors (Lipinski definition) is 0. The van der Waals surface area contributed by atoms with Crippen LogP contribution in [0.3, 0.4) is 0 Å². The summed E-state index contributed by atoms with van der Waals surface area (Å²) in [5, 5.41) is 13.9. The maximum absolute atomic E-state index is 13.5. The molecule has 0 unspecified atom stereocenters. The molecule has 0 N–H and O–H groups in total. The van der Waals surface area contributed by atoms with Crippen LogP contribution in [0.5, 0.6) is 5.88 Å². The standard InChI is InChI=1S/C25H23Cl2N5O4S/c26-18-7-8-21(27)22(15-18)37(35,36)30-13-11-29(12-14-30)17-20-24(33)31-10-4-2-6-23(31)32(25(20)34)16-19-5-1-3-9-28-19/h1-10,15H,11-14,16-17H2. The van der Waals surface area contributed by atoms with Gasteiger partial charge in [-0.2, -0.15) is 8.71 Å². The third-order valence-corrected chi connectivity index (χ3v) is 8.98. The van der Waals surface area contributed by atoms with Gasteiger partial charge >= 0.3 is 5.56 Å². The highest BCUT2D eigenvalue weighted by atomic mass is 35.5. The van der Waals surface area contributed by atoms with Crippen molar-refractivity contribution in [3.8, 4) is 5.88 Å². The molecule has 0 amide bonds. The van der Waals surface area contributed by atoms with Crippen LogP contribution < -0.4 is 15.2 Å². The van der Waals surface area contributed by atoms with Crippen molar-refractivity contribution in [3.63, 3.8) is 0 Å². The zero-order valence-corrected chi connectivity index (χ0v) is 22.0. The lowest BCUT2D eigenvalue weighted by molar-refractivity contribution is -0.710. The first-order valence-electron chi connectivity index (χ1n) is 11.6. The molecule has 1 saturated heterocycles. The second kappa shape index (κ2) is 10.4. The Morgan fingerprint density at radius 1 is 1.00 bits per heavy atom. The van der Waals surface area contributed by atoms with Crippen molar-refractivity contribution in [1.29, 1.82) is 0 Å². The van der Waals surface area contributed by atoms with Crippen molar-refractivity contribution in [2.24, 2.45) is 0 Å². The number of halogens is 2. The van der Waals surface area contributed by atoms with Crippen molar-refractivity contribution in [2.75, 3.05) is 26.2 Å². The molecule has 5 rings (SSSR count). The molecule has 9 nitrogen and oxygen atoms in total. The fraction of sp³-hybridized carbons (Fsp3) is 0.240. The second-order valence-corrected chi connectivity index (χ2v) is 11.4. The Balaban J connectivity index is 1.40. The SMILES string of the molecule is O=c1c(CN2CCN(S(=O)(=O)c3cc(Cl)ccc3Cl)CC2)c([O-])[n+](Cc2ccccn2)c2ccccn12. The quantitative estimate of drug-likeness (QED) is 0.334. The Morgan fingerprint density at radius 2 is 1.76 bits per heavy atom. The minimum Gasteiger partial charge on any atom is -0.842 e. The van der Waals surface area contributed by atoms with Gasteiger partial charge < -0.3 is 5.11 Å². The molecule has 0 spiro atoms. The molecule has 0 radical (unpaired) electrons. The zero-order valence-electron chi connectivity index (χ0n) is 19.6. The van der Waals surface area contributed by atoms with Gasteiger partial charge in [-0.1, -0.05) is 35.3 Å². The van der Waals surface area contributed by atoms with Crippen LogP contribution in [0.4, 0.5) is 0 Å². The third-order valence-electron chi connectivity index (χ3n) is 6.37. The van der Waals surface area contributed by atoms with E-state index >= 15 is 0 Å². The Labute approximate surface area is 223 Å². The first kappa shape index (κ1) is 25.6. The molecule has 1 fully saturated rings. The van der Waals surface area contributed by atoms with E-state index in [1.165, 1.54) is 26.9 Å². The van der Waals surface area contributed by atoms with E-state index in [-0.39, 0.29) is 52.6 Å². The van der Waals surface area contributed by atoms with Crippen LogP contribution >= 0.6 is 23.2 Å². The Bertz CT molecular complexity index is 1620. The van der Waals surface area contributed by atoms with Crippen molar-refractivity contribution in [2.45, 2.75) is 18.0 Å². The highest BCUT2D eigenvalue weighted by Crippen LogP contribution is 2.28. The van der Waals surface area contributed by atoms with Crippen LogP contribution in [0.25, 0.3) is 5.65 Å². The Kier molecular flexibility index (Phi) is 7.19. The highest BCUT2D eigenvalue weighted by molar-refractivity contribution is 7.89. The molecule has 1 aliphatic rings. The summed E-state index contributed by atoms with van der Waals surface area (Å²) in [6.45, 7) is 1.36. The van der Waals surface area contributed by atoms with Crippen molar-refractivity contribution in [3.05, 3.63) is 98.6 Å². The van der Waals surface area contributed by atoms with Gasteiger partial charge in [-0.3, -0.25) is 9.88 Å². The molecule has 12 heteroatoms. The monoisotopic (exact) mass is 559 g/mol. The first-order chi connectivity index (χ1) is 17.8. The fourth-order valence-electron chi connectivity index (χ4n) is 4.44.